The first-order chi connectivity index (χ1) is 13.3. The SMILES string of the molecule is C#CCNS(=O)(=O)c1cccc(C(=O)OCN2C(=O)c3ccccc3C2=O)c1. The second-order valence-corrected chi connectivity index (χ2v) is 7.47. The highest BCUT2D eigenvalue weighted by molar-refractivity contribution is 7.89. The van der Waals surface area contributed by atoms with Crippen LogP contribution in [0.15, 0.2) is 53.4 Å². The van der Waals surface area contributed by atoms with Crippen molar-refractivity contribution in [2.75, 3.05) is 13.3 Å². The van der Waals surface area contributed by atoms with Crippen LogP contribution in [-0.4, -0.2) is 44.4 Å². The zero-order chi connectivity index (χ0) is 20.3. The van der Waals surface area contributed by atoms with E-state index in [0.717, 1.165) is 11.0 Å². The molecule has 2 amide bonds. The lowest BCUT2D eigenvalue weighted by Crippen LogP contribution is -2.33. The average molecular weight is 398 g/mol. The van der Waals surface area contributed by atoms with E-state index in [1.165, 1.54) is 30.3 Å². The maximum atomic E-state index is 12.3. The van der Waals surface area contributed by atoms with Gasteiger partial charge >= 0.3 is 5.97 Å². The van der Waals surface area contributed by atoms with Gasteiger partial charge in [0.1, 0.15) is 0 Å². The molecule has 0 atom stereocenters. The van der Waals surface area contributed by atoms with Crippen molar-refractivity contribution in [3.8, 4) is 12.3 Å². The van der Waals surface area contributed by atoms with Crippen molar-refractivity contribution in [1.82, 2.24) is 9.62 Å². The Hall–Kier alpha value is -3.48. The molecule has 2 aromatic rings. The molecule has 0 saturated heterocycles. The van der Waals surface area contributed by atoms with Gasteiger partial charge in [0, 0.05) is 0 Å². The molecule has 0 radical (unpaired) electrons. The topological polar surface area (TPSA) is 110 Å². The normalized spacial score (nSPS) is 13.2. The van der Waals surface area contributed by atoms with Crippen molar-refractivity contribution in [3.05, 3.63) is 65.2 Å². The third-order valence-electron chi connectivity index (χ3n) is 3.95. The third-order valence-corrected chi connectivity index (χ3v) is 5.35. The standard InChI is InChI=1S/C19H14N2O6S/c1-2-10-20-28(25,26)14-7-5-6-13(11-14)19(24)27-12-21-17(22)15-8-3-4-9-16(15)18(21)23/h1,3-9,11,20H,10,12H2. The van der Waals surface area contributed by atoms with E-state index in [2.05, 4.69) is 10.6 Å². The molecule has 1 aliphatic rings. The lowest BCUT2D eigenvalue weighted by Gasteiger charge is -2.14. The molecule has 8 nitrogen and oxygen atoms in total. The first-order valence-electron chi connectivity index (χ1n) is 8.00. The number of sulfonamides is 1. The van der Waals surface area contributed by atoms with Gasteiger partial charge in [-0.1, -0.05) is 24.1 Å². The molecule has 9 heteroatoms. The van der Waals surface area contributed by atoms with E-state index < -0.39 is 34.5 Å². The van der Waals surface area contributed by atoms with Gasteiger partial charge in [-0.25, -0.2) is 18.1 Å². The monoisotopic (exact) mass is 398 g/mol. The summed E-state index contributed by atoms with van der Waals surface area (Å²) in [6.07, 6.45) is 5.03. The Morgan fingerprint density at radius 1 is 1.07 bits per heavy atom. The molecule has 0 aromatic heterocycles. The molecule has 0 bridgehead atoms. The highest BCUT2D eigenvalue weighted by atomic mass is 32.2. The molecule has 142 valence electrons. The van der Waals surface area contributed by atoms with Crippen LogP contribution in [0.25, 0.3) is 0 Å². The van der Waals surface area contributed by atoms with Crippen LogP contribution in [0, 0.1) is 12.3 Å². The molecule has 1 N–H and O–H groups in total. The largest absolute Gasteiger partial charge is 0.440 e. The van der Waals surface area contributed by atoms with Crippen LogP contribution >= 0.6 is 0 Å². The van der Waals surface area contributed by atoms with Crippen LogP contribution in [0.3, 0.4) is 0 Å². The number of imide groups is 1. The highest BCUT2D eigenvalue weighted by Gasteiger charge is 2.35. The van der Waals surface area contributed by atoms with Crippen molar-refractivity contribution in [2.24, 2.45) is 0 Å². The Bertz CT molecular complexity index is 1080. The summed E-state index contributed by atoms with van der Waals surface area (Å²) in [5, 5.41) is 0. The van der Waals surface area contributed by atoms with Crippen LogP contribution < -0.4 is 4.72 Å². The smallest absolute Gasteiger partial charge is 0.339 e. The van der Waals surface area contributed by atoms with Crippen LogP contribution in [0.1, 0.15) is 31.1 Å². The number of rotatable bonds is 6. The number of hydrogen-bond acceptors (Lipinski definition) is 6. The van der Waals surface area contributed by atoms with E-state index >= 15 is 0 Å². The molecule has 0 spiro atoms. The maximum absolute atomic E-state index is 12.3. The Kier molecular flexibility index (Phi) is 5.26. The van der Waals surface area contributed by atoms with Crippen LogP contribution in [-0.2, 0) is 14.8 Å². The number of amides is 2. The van der Waals surface area contributed by atoms with Gasteiger partial charge in [-0.3, -0.25) is 9.59 Å². The van der Waals surface area contributed by atoms with E-state index in [1.807, 2.05) is 0 Å². The Labute approximate surface area is 161 Å². The van der Waals surface area contributed by atoms with Gasteiger partial charge in [0.15, 0.2) is 6.73 Å². The molecular weight excluding hydrogens is 384 g/mol. The Morgan fingerprint density at radius 2 is 1.71 bits per heavy atom. The lowest BCUT2D eigenvalue weighted by molar-refractivity contribution is 0.0228. The molecule has 0 aliphatic carbocycles. The summed E-state index contributed by atoms with van der Waals surface area (Å²) in [4.78, 5) is 37.4. The molecule has 0 saturated carbocycles. The van der Waals surface area contributed by atoms with Crippen molar-refractivity contribution >= 4 is 27.8 Å². The zero-order valence-electron chi connectivity index (χ0n) is 14.4. The number of ether oxygens (including phenoxy) is 1. The van der Waals surface area contributed by atoms with Crippen molar-refractivity contribution in [1.29, 1.82) is 0 Å². The van der Waals surface area contributed by atoms with Crippen molar-refractivity contribution < 1.29 is 27.5 Å². The second kappa shape index (κ2) is 7.64. The summed E-state index contributed by atoms with van der Waals surface area (Å²) >= 11 is 0. The number of benzene rings is 2. The summed E-state index contributed by atoms with van der Waals surface area (Å²) in [5.41, 5.74) is 0.410. The molecule has 0 unspecified atom stereocenters. The number of nitrogens with one attached hydrogen (secondary N) is 1. The number of terminal acetylenes is 1. The predicted molar refractivity (Wildman–Crippen MR) is 97.7 cm³/mol. The molecule has 1 heterocycles. The van der Waals surface area contributed by atoms with E-state index in [9.17, 15) is 22.8 Å². The van der Waals surface area contributed by atoms with E-state index in [4.69, 9.17) is 11.2 Å². The quantitative estimate of drug-likeness (QED) is 0.442. The summed E-state index contributed by atoms with van der Waals surface area (Å²) in [5.74, 6) is 0.130. The molecule has 3 rings (SSSR count). The number of esters is 1. The molecule has 1 aliphatic heterocycles. The second-order valence-electron chi connectivity index (χ2n) is 5.70. The fourth-order valence-corrected chi connectivity index (χ4v) is 3.55. The zero-order valence-corrected chi connectivity index (χ0v) is 15.2. The molecule has 28 heavy (non-hydrogen) atoms. The highest BCUT2D eigenvalue weighted by Crippen LogP contribution is 2.22. The minimum Gasteiger partial charge on any atom is -0.440 e. The van der Waals surface area contributed by atoms with Gasteiger partial charge in [0.2, 0.25) is 10.0 Å². The number of nitrogens with zero attached hydrogens (tertiary/aromatic N) is 1. The Morgan fingerprint density at radius 3 is 2.32 bits per heavy atom. The van der Waals surface area contributed by atoms with Crippen molar-refractivity contribution in [2.45, 2.75) is 4.90 Å². The average Bonchev–Trinajstić information content (AvgIpc) is 2.95. The minimum atomic E-state index is -3.88. The first kappa shape index (κ1) is 19.3. The molecular formula is C19H14N2O6S. The van der Waals surface area contributed by atoms with Crippen LogP contribution in [0.5, 0.6) is 0 Å². The summed E-state index contributed by atoms with van der Waals surface area (Å²) in [6, 6.07) is 11.4. The minimum absolute atomic E-state index is 0.0554. The number of carbonyl (C=O) groups excluding carboxylic acids is 3. The fourth-order valence-electron chi connectivity index (χ4n) is 2.57. The predicted octanol–water partition coefficient (Wildman–Crippen LogP) is 1.01. The summed E-state index contributed by atoms with van der Waals surface area (Å²) < 4.78 is 31.4. The number of hydrogen-bond donors (Lipinski definition) is 1. The molecule has 0 fully saturated rings. The number of fused-ring (bicyclic) bond motifs is 1. The number of carbonyl (C=O) groups is 3. The maximum Gasteiger partial charge on any atom is 0.339 e. The van der Waals surface area contributed by atoms with Gasteiger partial charge < -0.3 is 4.74 Å². The fraction of sp³-hybridized carbons (Fsp3) is 0.105. The van der Waals surface area contributed by atoms with E-state index in [0.29, 0.717) is 0 Å². The van der Waals surface area contributed by atoms with Gasteiger partial charge in [-0.2, -0.15) is 4.72 Å². The Balaban J connectivity index is 1.72. The van der Waals surface area contributed by atoms with Crippen LogP contribution in [0.2, 0.25) is 0 Å². The lowest BCUT2D eigenvalue weighted by atomic mass is 10.1. The van der Waals surface area contributed by atoms with Gasteiger partial charge in [0.25, 0.3) is 11.8 Å². The third kappa shape index (κ3) is 3.64. The van der Waals surface area contributed by atoms with Gasteiger partial charge in [-0.15, -0.1) is 6.42 Å². The summed E-state index contributed by atoms with van der Waals surface area (Å²) in [6.45, 7) is -0.783. The first-order valence-corrected chi connectivity index (χ1v) is 9.49. The van der Waals surface area contributed by atoms with Crippen molar-refractivity contribution in [3.63, 3.8) is 0 Å². The van der Waals surface area contributed by atoms with Gasteiger partial charge in [0.05, 0.1) is 28.1 Å². The van der Waals surface area contributed by atoms with E-state index in [-0.39, 0.29) is 28.1 Å². The summed E-state index contributed by atoms with van der Waals surface area (Å²) in [7, 11) is -3.88. The van der Waals surface area contributed by atoms with E-state index in [1.54, 1.807) is 12.1 Å². The van der Waals surface area contributed by atoms with Gasteiger partial charge in [-0.05, 0) is 30.3 Å². The van der Waals surface area contributed by atoms with Crippen LogP contribution in [0.4, 0.5) is 0 Å². The molecule has 2 aromatic carbocycles.